The van der Waals surface area contributed by atoms with Crippen molar-refractivity contribution in [2.45, 2.75) is 52.1 Å². The molecule has 2 aromatic heterocycles. The van der Waals surface area contributed by atoms with E-state index in [0.29, 0.717) is 52.8 Å². The van der Waals surface area contributed by atoms with Gasteiger partial charge >= 0.3 is 0 Å². The molecule has 13 heteroatoms. The Morgan fingerprint density at radius 3 is 2.48 bits per heavy atom. The first-order valence-corrected chi connectivity index (χ1v) is 17.9. The van der Waals surface area contributed by atoms with Gasteiger partial charge in [-0.05, 0) is 65.8 Å². The predicted octanol–water partition coefficient (Wildman–Crippen LogP) is 6.94. The van der Waals surface area contributed by atoms with Crippen LogP contribution in [0, 0.1) is 5.92 Å². The number of anilines is 2. The van der Waals surface area contributed by atoms with Crippen LogP contribution in [0.4, 0.5) is 10.8 Å². The number of hydrogen-bond acceptors (Lipinski definition) is 10. The van der Waals surface area contributed by atoms with Crippen LogP contribution >= 0.6 is 11.3 Å². The molecule has 3 atom stereocenters. The molecule has 2 amide bonds. The second-order valence-corrected chi connectivity index (χ2v) is 13.6. The number of nitrogens with one attached hydrogen (secondary N) is 4. The first kappa shape index (κ1) is 36.2. The number of aromatic nitrogens is 2. The van der Waals surface area contributed by atoms with E-state index in [1.807, 2.05) is 55.8 Å². The number of carbonyl (C=O) groups is 2. The van der Waals surface area contributed by atoms with Crippen molar-refractivity contribution in [3.05, 3.63) is 75.4 Å². The molecular weight excluding hydrogens is 683 g/mol. The second kappa shape index (κ2) is 15.4. The van der Waals surface area contributed by atoms with Crippen molar-refractivity contribution in [3.63, 3.8) is 0 Å². The van der Waals surface area contributed by atoms with E-state index in [1.54, 1.807) is 40.6 Å². The molecule has 1 aliphatic rings. The lowest BCUT2D eigenvalue weighted by molar-refractivity contribution is -0.120. The number of ether oxygens (including phenoxy) is 4. The lowest BCUT2D eigenvalue weighted by atomic mass is 9.95. The lowest BCUT2D eigenvalue weighted by Gasteiger charge is -2.23. The van der Waals surface area contributed by atoms with Crippen LogP contribution in [-0.2, 0) is 16.0 Å². The molecule has 6 rings (SSSR count). The monoisotopic (exact) mass is 725 g/mol. The Morgan fingerprint density at radius 2 is 1.79 bits per heavy atom. The summed E-state index contributed by atoms with van der Waals surface area (Å²) in [5.41, 5.74) is 5.46. The molecule has 52 heavy (non-hydrogen) atoms. The topological polar surface area (TPSA) is 153 Å². The van der Waals surface area contributed by atoms with Gasteiger partial charge in [0, 0.05) is 46.6 Å². The van der Waals surface area contributed by atoms with E-state index in [9.17, 15) is 14.4 Å². The molecule has 0 spiro atoms. The van der Waals surface area contributed by atoms with Gasteiger partial charge in [0.15, 0.2) is 16.6 Å². The number of aryl methyl sites for hydroxylation is 1. The fourth-order valence-electron chi connectivity index (χ4n) is 6.78. The summed E-state index contributed by atoms with van der Waals surface area (Å²) in [4.78, 5) is 48.3. The minimum Gasteiger partial charge on any atom is -0.497 e. The third-order valence-electron chi connectivity index (χ3n) is 9.62. The summed E-state index contributed by atoms with van der Waals surface area (Å²) in [5.74, 6) is 1.47. The van der Waals surface area contributed by atoms with Crippen LogP contribution in [-0.4, -0.2) is 56.3 Å². The maximum Gasteiger partial charge on any atom is 0.248 e. The summed E-state index contributed by atoms with van der Waals surface area (Å²) < 4.78 is 22.6. The standard InChI is InChI=1S/C39H43N5O7S/c1-8-20(2)35(38(47)44-39-43-31(19-52-39)27-18-40-30-16-23(48-4)10-11-24(27)30)42-29-14-12-25-26(17-32(29)46)28(41-21(3)45)13-9-22-15-33(49-5)36(50-6)37(51-7)34(22)25/h10-12,14-20,28,35,40H,8-9,13H2,1-7H3,(H,41,45)(H,42,46)(H,43,44,47). The Morgan fingerprint density at radius 1 is 1.00 bits per heavy atom. The van der Waals surface area contributed by atoms with Crippen LogP contribution < -0.4 is 40.3 Å². The van der Waals surface area contributed by atoms with Gasteiger partial charge in [-0.1, -0.05) is 26.3 Å². The number of rotatable bonds is 12. The summed E-state index contributed by atoms with van der Waals surface area (Å²) in [6, 6.07) is 11.5. The van der Waals surface area contributed by atoms with Crippen molar-refractivity contribution in [1.82, 2.24) is 15.3 Å². The highest BCUT2D eigenvalue weighted by molar-refractivity contribution is 7.14. The minimum absolute atomic E-state index is 0.143. The van der Waals surface area contributed by atoms with Crippen LogP contribution in [0.5, 0.6) is 23.0 Å². The van der Waals surface area contributed by atoms with Crippen molar-refractivity contribution in [2.24, 2.45) is 5.92 Å². The second-order valence-electron chi connectivity index (χ2n) is 12.7. The van der Waals surface area contributed by atoms with Gasteiger partial charge in [0.05, 0.1) is 45.9 Å². The Bertz CT molecular complexity index is 2200. The Kier molecular flexibility index (Phi) is 10.7. The molecular formula is C39H43N5O7S. The van der Waals surface area contributed by atoms with Gasteiger partial charge < -0.3 is 39.9 Å². The van der Waals surface area contributed by atoms with Gasteiger partial charge in [-0.2, -0.15) is 0 Å². The summed E-state index contributed by atoms with van der Waals surface area (Å²) in [5, 5.41) is 12.6. The maximum atomic E-state index is 14.0. The first-order valence-electron chi connectivity index (χ1n) is 17.1. The number of methoxy groups -OCH3 is 4. The van der Waals surface area contributed by atoms with Crippen LogP contribution in [0.25, 0.3) is 33.3 Å². The number of nitrogens with zero attached hydrogens (tertiary/aromatic N) is 1. The molecule has 272 valence electrons. The summed E-state index contributed by atoms with van der Waals surface area (Å²) in [6.45, 7) is 5.41. The van der Waals surface area contributed by atoms with E-state index in [2.05, 4.69) is 20.9 Å². The number of aromatic amines is 1. The van der Waals surface area contributed by atoms with Crippen LogP contribution in [0.2, 0.25) is 0 Å². The van der Waals surface area contributed by atoms with Crippen molar-refractivity contribution in [3.8, 4) is 45.4 Å². The number of benzene rings is 2. The normalized spacial score (nSPS) is 14.6. The molecule has 0 saturated carbocycles. The molecule has 2 heterocycles. The SMILES string of the molecule is CCC(C)C(Nc1ccc2c(cc1=O)C(NC(C)=O)CCc1cc(OC)c(OC)c(OC)c1-2)C(=O)Nc1nc(-c2c[nH]c3cc(OC)ccc23)cs1. The molecule has 1 aliphatic carbocycles. The van der Waals surface area contributed by atoms with E-state index in [-0.39, 0.29) is 28.8 Å². The third-order valence-corrected chi connectivity index (χ3v) is 10.4. The lowest BCUT2D eigenvalue weighted by Crippen LogP contribution is -2.40. The molecule has 0 aliphatic heterocycles. The van der Waals surface area contributed by atoms with E-state index in [0.717, 1.165) is 39.0 Å². The molecule has 0 saturated heterocycles. The highest BCUT2D eigenvalue weighted by Crippen LogP contribution is 2.50. The Hall–Kier alpha value is -5.56. The van der Waals surface area contributed by atoms with E-state index < -0.39 is 12.1 Å². The maximum absolute atomic E-state index is 14.0. The average molecular weight is 726 g/mol. The van der Waals surface area contributed by atoms with Crippen LogP contribution in [0.1, 0.15) is 50.8 Å². The van der Waals surface area contributed by atoms with Gasteiger partial charge in [0.25, 0.3) is 0 Å². The number of H-pyrrole nitrogens is 1. The highest BCUT2D eigenvalue weighted by Gasteiger charge is 2.31. The predicted molar refractivity (Wildman–Crippen MR) is 204 cm³/mol. The fourth-order valence-corrected chi connectivity index (χ4v) is 7.49. The highest BCUT2D eigenvalue weighted by atomic mass is 32.1. The number of amides is 2. The van der Waals surface area contributed by atoms with E-state index in [1.165, 1.54) is 18.3 Å². The van der Waals surface area contributed by atoms with Crippen molar-refractivity contribution in [2.75, 3.05) is 39.1 Å². The fraction of sp³-hybridized carbons (Fsp3) is 0.333. The molecule has 0 bridgehead atoms. The molecule has 0 fully saturated rings. The average Bonchev–Trinajstić information content (AvgIpc) is 3.71. The molecule has 3 aromatic carbocycles. The minimum atomic E-state index is -0.759. The quantitative estimate of drug-likeness (QED) is 0.107. The zero-order valence-corrected chi connectivity index (χ0v) is 31.1. The summed E-state index contributed by atoms with van der Waals surface area (Å²) in [7, 11) is 6.29. The van der Waals surface area contributed by atoms with Crippen molar-refractivity contribution < 1.29 is 28.5 Å². The van der Waals surface area contributed by atoms with Crippen LogP contribution in [0.3, 0.4) is 0 Å². The largest absolute Gasteiger partial charge is 0.497 e. The smallest absolute Gasteiger partial charge is 0.248 e. The van der Waals surface area contributed by atoms with Crippen molar-refractivity contribution in [1.29, 1.82) is 0 Å². The number of carbonyl (C=O) groups excluding carboxylic acids is 2. The summed E-state index contributed by atoms with van der Waals surface area (Å²) in [6.07, 6.45) is 3.68. The molecule has 0 radical (unpaired) electrons. The molecule has 4 N–H and O–H groups in total. The number of hydrogen-bond donors (Lipinski definition) is 4. The van der Waals surface area contributed by atoms with Gasteiger partial charge in [-0.15, -0.1) is 11.3 Å². The van der Waals surface area contributed by atoms with Gasteiger partial charge in [0.2, 0.25) is 23.0 Å². The van der Waals surface area contributed by atoms with Gasteiger partial charge in [0.1, 0.15) is 11.8 Å². The molecule has 3 unspecified atom stereocenters. The molecule has 5 aromatic rings. The zero-order chi connectivity index (χ0) is 37.1. The molecule has 12 nitrogen and oxygen atoms in total. The summed E-state index contributed by atoms with van der Waals surface area (Å²) >= 11 is 1.33. The zero-order valence-electron chi connectivity index (χ0n) is 30.3. The Labute approximate surface area is 305 Å². The van der Waals surface area contributed by atoms with Gasteiger partial charge in [-0.25, -0.2) is 4.98 Å². The third kappa shape index (κ3) is 7.00. The van der Waals surface area contributed by atoms with E-state index in [4.69, 9.17) is 23.9 Å². The first-order chi connectivity index (χ1) is 25.1. The number of thiazole rings is 1. The van der Waals surface area contributed by atoms with Crippen LogP contribution in [0.15, 0.2) is 58.8 Å². The van der Waals surface area contributed by atoms with E-state index >= 15 is 0 Å². The van der Waals surface area contributed by atoms with Gasteiger partial charge in [-0.3, -0.25) is 14.4 Å². The van der Waals surface area contributed by atoms with Crippen molar-refractivity contribution >= 4 is 44.9 Å². The number of fused-ring (bicyclic) bond motifs is 4. The Balaban J connectivity index is 1.35.